The molecule has 0 spiro atoms. The first-order valence-electron chi connectivity index (χ1n) is 13.3. The van der Waals surface area contributed by atoms with Crippen molar-refractivity contribution < 1.29 is 4.79 Å². The van der Waals surface area contributed by atoms with Gasteiger partial charge in [0, 0.05) is 67.8 Å². The van der Waals surface area contributed by atoms with Gasteiger partial charge in [-0.25, -0.2) is 9.97 Å². The number of carbonyl (C=O) groups excluding carboxylic acids is 1. The molecule has 5 rings (SSSR count). The van der Waals surface area contributed by atoms with Crippen molar-refractivity contribution in [3.63, 3.8) is 0 Å². The summed E-state index contributed by atoms with van der Waals surface area (Å²) in [7, 11) is 0. The molecule has 3 aromatic rings. The van der Waals surface area contributed by atoms with Crippen LogP contribution in [0.1, 0.15) is 49.6 Å². The van der Waals surface area contributed by atoms with Gasteiger partial charge in [-0.15, -0.1) is 11.3 Å². The number of hydrogen-bond acceptors (Lipinski definition) is 7. The van der Waals surface area contributed by atoms with Crippen LogP contribution in [0.25, 0.3) is 10.2 Å². The lowest BCUT2D eigenvalue weighted by Crippen LogP contribution is -2.51. The Morgan fingerprint density at radius 1 is 1.05 bits per heavy atom. The maximum Gasteiger partial charge on any atom is 0.231 e. The van der Waals surface area contributed by atoms with E-state index in [1.54, 1.807) is 6.33 Å². The van der Waals surface area contributed by atoms with Crippen LogP contribution in [0.4, 0.5) is 5.82 Å². The average Bonchev–Trinajstić information content (AvgIpc) is 3.27. The number of nitrogens with one attached hydrogen (secondary N) is 1. The predicted octanol–water partition coefficient (Wildman–Crippen LogP) is 4.54. The molecule has 1 atom stereocenters. The first kappa shape index (κ1) is 26.4. The molecule has 2 aliphatic rings. The van der Waals surface area contributed by atoms with Crippen LogP contribution in [-0.2, 0) is 17.8 Å². The van der Waals surface area contributed by atoms with Gasteiger partial charge >= 0.3 is 0 Å². The average molecular weight is 541 g/mol. The lowest BCUT2D eigenvalue weighted by molar-refractivity contribution is -0.133. The Balaban J connectivity index is 1.32. The Morgan fingerprint density at radius 2 is 1.78 bits per heavy atom. The Morgan fingerprint density at radius 3 is 2.46 bits per heavy atom. The first-order valence-corrected chi connectivity index (χ1v) is 14.5. The molecule has 0 radical (unpaired) electrons. The summed E-state index contributed by atoms with van der Waals surface area (Å²) >= 11 is 7.93. The number of rotatable bonds is 7. The van der Waals surface area contributed by atoms with Gasteiger partial charge in [0.15, 0.2) is 0 Å². The van der Waals surface area contributed by atoms with Gasteiger partial charge in [-0.2, -0.15) is 0 Å². The zero-order chi connectivity index (χ0) is 26.1. The number of hydrogen-bond donors (Lipinski definition) is 1. The van der Waals surface area contributed by atoms with E-state index in [4.69, 9.17) is 16.6 Å². The molecule has 1 saturated heterocycles. The van der Waals surface area contributed by atoms with E-state index in [0.717, 1.165) is 48.8 Å². The third-order valence-electron chi connectivity index (χ3n) is 7.57. The van der Waals surface area contributed by atoms with Crippen molar-refractivity contribution in [2.45, 2.75) is 58.7 Å². The van der Waals surface area contributed by atoms with Crippen LogP contribution in [0.5, 0.6) is 0 Å². The molecule has 198 valence electrons. The molecule has 37 heavy (non-hydrogen) atoms. The van der Waals surface area contributed by atoms with Crippen molar-refractivity contribution in [2.24, 2.45) is 0 Å². The molecule has 2 aromatic heterocycles. The largest absolute Gasteiger partial charge is 0.352 e. The summed E-state index contributed by atoms with van der Waals surface area (Å²) in [6.07, 6.45) is 2.74. The van der Waals surface area contributed by atoms with Crippen LogP contribution in [0, 0.1) is 0 Å². The number of anilines is 1. The van der Waals surface area contributed by atoms with Crippen LogP contribution in [0.2, 0.25) is 5.02 Å². The number of thiophene rings is 1. The summed E-state index contributed by atoms with van der Waals surface area (Å²) in [4.78, 5) is 32.5. The fraction of sp³-hybridized carbons (Fsp3) is 0.536. The molecule has 4 heterocycles. The molecular weight excluding hydrogens is 504 g/mol. The maximum atomic E-state index is 13.7. The summed E-state index contributed by atoms with van der Waals surface area (Å²) < 4.78 is 0. The molecule has 1 N–H and O–H groups in total. The number of amides is 1. The molecule has 1 unspecified atom stereocenters. The number of aromatic nitrogens is 2. The summed E-state index contributed by atoms with van der Waals surface area (Å²) in [5.41, 5.74) is 2.43. The van der Waals surface area contributed by atoms with Crippen molar-refractivity contribution >= 4 is 44.9 Å². The predicted molar refractivity (Wildman–Crippen MR) is 153 cm³/mol. The summed E-state index contributed by atoms with van der Waals surface area (Å²) in [5.74, 6) is 0.970. The van der Waals surface area contributed by atoms with E-state index in [2.05, 4.69) is 47.8 Å². The molecule has 9 heteroatoms. The highest BCUT2D eigenvalue weighted by Gasteiger charge is 2.31. The highest BCUT2D eigenvalue weighted by Crippen LogP contribution is 2.39. The summed E-state index contributed by atoms with van der Waals surface area (Å²) in [5, 5.41) is 5.37. The third-order valence-corrected chi connectivity index (χ3v) is 8.95. The minimum Gasteiger partial charge on any atom is -0.352 e. The Hall–Kier alpha value is -2.26. The van der Waals surface area contributed by atoms with Crippen molar-refractivity contribution in [3.05, 3.63) is 51.6 Å². The summed E-state index contributed by atoms with van der Waals surface area (Å²) in [6, 6.07) is 8.53. The lowest BCUT2D eigenvalue weighted by Gasteiger charge is -2.37. The topological polar surface area (TPSA) is 64.6 Å². The van der Waals surface area contributed by atoms with Gasteiger partial charge in [-0.05, 0) is 43.5 Å². The molecule has 1 fully saturated rings. The quantitative estimate of drug-likeness (QED) is 0.474. The Kier molecular flexibility index (Phi) is 8.00. The number of carbonyl (C=O) groups is 1. The maximum absolute atomic E-state index is 13.7. The van der Waals surface area contributed by atoms with Gasteiger partial charge in [-0.1, -0.05) is 37.6 Å². The molecule has 0 bridgehead atoms. The third kappa shape index (κ3) is 5.62. The van der Waals surface area contributed by atoms with Crippen molar-refractivity contribution in [1.82, 2.24) is 25.1 Å². The van der Waals surface area contributed by atoms with E-state index in [0.29, 0.717) is 36.7 Å². The minimum absolute atomic E-state index is 0.171. The van der Waals surface area contributed by atoms with Crippen molar-refractivity contribution in [3.8, 4) is 0 Å². The van der Waals surface area contributed by atoms with Gasteiger partial charge in [0.1, 0.15) is 17.0 Å². The minimum atomic E-state index is -0.232. The number of piperazine rings is 1. The van der Waals surface area contributed by atoms with Gasteiger partial charge in [0.25, 0.3) is 0 Å². The molecular formula is C28H37ClN6OS. The van der Waals surface area contributed by atoms with E-state index in [9.17, 15) is 4.79 Å². The normalized spacial score (nSPS) is 17.6. The molecule has 2 aliphatic heterocycles. The molecule has 0 saturated carbocycles. The standard InChI is InChI=1S/C28H37ClN6OS/c1-18(2)30-15-23(20-5-7-21(29)8-6-20)28(36)34-13-11-33(12-14-34)26-25-22-9-10-35(19(3)4)16-24(22)37-27(25)32-17-31-26/h5-8,17-19,23,30H,9-16H2,1-4H3. The van der Waals surface area contributed by atoms with Gasteiger partial charge in [0.2, 0.25) is 5.91 Å². The highest BCUT2D eigenvalue weighted by atomic mass is 35.5. The van der Waals surface area contributed by atoms with E-state index in [-0.39, 0.29) is 11.8 Å². The van der Waals surface area contributed by atoms with E-state index in [1.165, 1.54) is 15.8 Å². The van der Waals surface area contributed by atoms with Crippen LogP contribution >= 0.6 is 22.9 Å². The van der Waals surface area contributed by atoms with Gasteiger partial charge in [0.05, 0.1) is 11.3 Å². The highest BCUT2D eigenvalue weighted by molar-refractivity contribution is 7.19. The van der Waals surface area contributed by atoms with Crippen LogP contribution in [0.3, 0.4) is 0 Å². The fourth-order valence-electron chi connectivity index (χ4n) is 5.37. The van der Waals surface area contributed by atoms with Crippen LogP contribution in [-0.4, -0.2) is 77.0 Å². The van der Waals surface area contributed by atoms with Crippen LogP contribution in [0.15, 0.2) is 30.6 Å². The van der Waals surface area contributed by atoms with Crippen molar-refractivity contribution in [1.29, 1.82) is 0 Å². The zero-order valence-electron chi connectivity index (χ0n) is 22.2. The lowest BCUT2D eigenvalue weighted by atomic mass is 9.96. The SMILES string of the molecule is CC(C)NCC(C(=O)N1CCN(c2ncnc3sc4c(c23)CCN(C(C)C)C4)CC1)c1ccc(Cl)cc1. The van der Waals surface area contributed by atoms with Crippen LogP contribution < -0.4 is 10.2 Å². The number of halogens is 1. The monoisotopic (exact) mass is 540 g/mol. The molecule has 7 nitrogen and oxygen atoms in total. The Labute approximate surface area is 228 Å². The number of benzene rings is 1. The second-order valence-corrected chi connectivity index (χ2v) is 12.2. The van der Waals surface area contributed by atoms with Gasteiger partial charge < -0.3 is 15.1 Å². The fourth-order valence-corrected chi connectivity index (χ4v) is 6.70. The number of nitrogens with zero attached hydrogens (tertiary/aromatic N) is 5. The van der Waals surface area contributed by atoms with E-state index >= 15 is 0 Å². The second-order valence-electron chi connectivity index (χ2n) is 10.7. The van der Waals surface area contributed by atoms with E-state index in [1.807, 2.05) is 40.5 Å². The van der Waals surface area contributed by atoms with E-state index < -0.39 is 0 Å². The number of fused-ring (bicyclic) bond motifs is 3. The molecule has 1 aromatic carbocycles. The molecule has 0 aliphatic carbocycles. The first-order chi connectivity index (χ1) is 17.8. The molecule has 1 amide bonds. The van der Waals surface area contributed by atoms with Crippen molar-refractivity contribution in [2.75, 3.05) is 44.2 Å². The second kappa shape index (κ2) is 11.2. The van der Waals surface area contributed by atoms with Gasteiger partial charge in [-0.3, -0.25) is 9.69 Å². The zero-order valence-corrected chi connectivity index (χ0v) is 23.8. The smallest absolute Gasteiger partial charge is 0.231 e. The summed E-state index contributed by atoms with van der Waals surface area (Å²) in [6.45, 7) is 14.3. The Bertz CT molecular complexity index is 1240.